The Balaban J connectivity index is 1.67. The number of nitrogens with one attached hydrogen (secondary N) is 3. The maximum Gasteiger partial charge on any atom is 0.271 e. The molecular weight excluding hydrogens is 476 g/mol. The van der Waals surface area contributed by atoms with Crippen molar-refractivity contribution in [2.45, 2.75) is 20.0 Å². The normalized spacial score (nSPS) is 16.9. The first kappa shape index (κ1) is 24.9. The van der Waals surface area contributed by atoms with Gasteiger partial charge in [0.25, 0.3) is 17.5 Å². The zero-order chi connectivity index (χ0) is 26.5. The Morgan fingerprint density at radius 2 is 1.43 bits per heavy atom. The molecule has 0 unspecified atom stereocenters. The van der Waals surface area contributed by atoms with Crippen molar-refractivity contribution < 1.29 is 19.2 Å². The number of nitro benzene ring substituents is 1. The molecule has 0 radical (unpaired) electrons. The summed E-state index contributed by atoms with van der Waals surface area (Å²) in [5, 5.41) is 27.7. The van der Waals surface area contributed by atoms with Crippen LogP contribution in [0.1, 0.15) is 43.5 Å². The number of hydrazone groups is 2. The summed E-state index contributed by atoms with van der Waals surface area (Å²) >= 11 is 0. The largest absolute Gasteiger partial charge is 0.461 e. The van der Waals surface area contributed by atoms with E-state index >= 15 is 0 Å². The summed E-state index contributed by atoms with van der Waals surface area (Å²) in [4.78, 5) is 35.9. The minimum absolute atomic E-state index is 0.00448. The minimum atomic E-state index is -1.08. The van der Waals surface area contributed by atoms with E-state index in [0.29, 0.717) is 16.7 Å². The molecule has 186 valence electrons. The average molecular weight is 498 g/mol. The monoisotopic (exact) mass is 498 g/mol. The first-order valence-corrected chi connectivity index (χ1v) is 11.1. The van der Waals surface area contributed by atoms with Crippen molar-refractivity contribution in [3.05, 3.63) is 111 Å². The van der Waals surface area contributed by atoms with Crippen LogP contribution in [0, 0.1) is 29.4 Å². The fourth-order valence-electron chi connectivity index (χ4n) is 3.47. The summed E-state index contributed by atoms with van der Waals surface area (Å²) in [7, 11) is 0. The lowest BCUT2D eigenvalue weighted by Crippen LogP contribution is -2.28. The van der Waals surface area contributed by atoms with E-state index in [0.717, 1.165) is 11.1 Å². The fourth-order valence-corrected chi connectivity index (χ4v) is 3.47. The Morgan fingerprint density at radius 1 is 0.892 bits per heavy atom. The van der Waals surface area contributed by atoms with E-state index in [1.165, 1.54) is 18.2 Å². The maximum absolute atomic E-state index is 12.7. The summed E-state index contributed by atoms with van der Waals surface area (Å²) in [6.45, 7) is 3.78. The molecule has 0 aromatic heterocycles. The van der Waals surface area contributed by atoms with Crippen molar-refractivity contribution >= 4 is 34.8 Å². The second-order valence-corrected chi connectivity index (χ2v) is 8.25. The topological polar surface area (TPSA) is 159 Å². The molecule has 1 aliphatic heterocycles. The van der Waals surface area contributed by atoms with Gasteiger partial charge in [0.1, 0.15) is 5.71 Å². The number of carbonyl (C=O) groups is 2. The number of aryl methyl sites for hydroxylation is 2. The molecule has 3 aromatic rings. The highest BCUT2D eigenvalue weighted by Gasteiger charge is 2.38. The summed E-state index contributed by atoms with van der Waals surface area (Å²) in [6.07, 6.45) is -1.08. The molecule has 4 rings (SSSR count). The average Bonchev–Trinajstić information content (AvgIpc) is 3.21. The van der Waals surface area contributed by atoms with E-state index in [9.17, 15) is 19.7 Å². The van der Waals surface area contributed by atoms with Crippen LogP contribution in [-0.2, 0) is 4.74 Å². The molecule has 37 heavy (non-hydrogen) atoms. The third-order valence-electron chi connectivity index (χ3n) is 5.50. The molecule has 0 saturated carbocycles. The molecule has 0 bridgehead atoms. The van der Waals surface area contributed by atoms with Crippen molar-refractivity contribution in [3.8, 4) is 0 Å². The molecule has 2 amide bonds. The Kier molecular flexibility index (Phi) is 7.14. The van der Waals surface area contributed by atoms with Gasteiger partial charge < -0.3 is 4.74 Å². The molecule has 3 aromatic carbocycles. The van der Waals surface area contributed by atoms with Crippen LogP contribution in [0.3, 0.4) is 0 Å². The second kappa shape index (κ2) is 10.6. The molecule has 0 aliphatic carbocycles. The lowest BCUT2D eigenvalue weighted by Gasteiger charge is -2.10. The van der Waals surface area contributed by atoms with Crippen LogP contribution in [0.4, 0.5) is 5.69 Å². The van der Waals surface area contributed by atoms with Crippen molar-refractivity contribution in [1.82, 2.24) is 10.9 Å². The second-order valence-electron chi connectivity index (χ2n) is 8.25. The van der Waals surface area contributed by atoms with Gasteiger partial charge in [-0.1, -0.05) is 47.5 Å². The highest BCUT2D eigenvalue weighted by atomic mass is 16.6. The Hall–Kier alpha value is -5.19. The Bertz CT molecular complexity index is 1450. The maximum atomic E-state index is 12.7. The van der Waals surface area contributed by atoms with Crippen molar-refractivity contribution in [1.29, 1.82) is 5.41 Å². The van der Waals surface area contributed by atoms with Gasteiger partial charge in [0, 0.05) is 28.8 Å². The van der Waals surface area contributed by atoms with Gasteiger partial charge in [-0.15, -0.1) is 0 Å². The zero-order valence-electron chi connectivity index (χ0n) is 19.9. The van der Waals surface area contributed by atoms with Crippen LogP contribution in [0.25, 0.3) is 0 Å². The van der Waals surface area contributed by atoms with Crippen LogP contribution in [-0.4, -0.2) is 34.1 Å². The Morgan fingerprint density at radius 3 is 1.97 bits per heavy atom. The summed E-state index contributed by atoms with van der Waals surface area (Å²) < 4.78 is 5.61. The van der Waals surface area contributed by atoms with Crippen LogP contribution in [0.15, 0.2) is 83.0 Å². The van der Waals surface area contributed by atoms with E-state index in [-0.39, 0.29) is 17.1 Å². The number of benzene rings is 3. The zero-order valence-corrected chi connectivity index (χ0v) is 19.9. The number of hydrogen-bond acceptors (Lipinski definition) is 8. The van der Waals surface area contributed by atoms with E-state index in [2.05, 4.69) is 21.1 Å². The van der Waals surface area contributed by atoms with Crippen molar-refractivity contribution in [2.24, 2.45) is 10.2 Å². The van der Waals surface area contributed by atoms with E-state index in [1.54, 1.807) is 54.6 Å². The summed E-state index contributed by atoms with van der Waals surface area (Å²) in [5.41, 5.74) is 7.44. The molecular formula is C26H22N6O5. The van der Waals surface area contributed by atoms with Crippen LogP contribution < -0.4 is 10.9 Å². The number of amides is 2. The standard InChI is InChI=1S/C26H22N6O5/c1-15-6-10-17(11-7-15)25(33)30-28-21-22(29-31-26(34)18-12-8-16(2)9-13-18)24(27)37-23(21)19-4-3-5-20(14-19)32(35)36/h3-14,23,27H,1-2H3,(H,30,33)(H,31,34)/b27-24?,28-21+,29-22+/t23-/m0/s1. The third-order valence-corrected chi connectivity index (χ3v) is 5.50. The number of non-ortho nitro benzene ring substituents is 1. The van der Waals surface area contributed by atoms with Gasteiger partial charge in [0.15, 0.2) is 11.8 Å². The number of nitrogens with zero attached hydrogens (tertiary/aromatic N) is 3. The van der Waals surface area contributed by atoms with Gasteiger partial charge in [-0.25, -0.2) is 10.9 Å². The molecule has 1 heterocycles. The number of ether oxygens (including phenoxy) is 1. The molecule has 0 spiro atoms. The molecule has 11 heteroatoms. The van der Waals surface area contributed by atoms with Crippen LogP contribution in [0.5, 0.6) is 0 Å². The predicted molar refractivity (Wildman–Crippen MR) is 137 cm³/mol. The molecule has 1 aliphatic rings. The highest BCUT2D eigenvalue weighted by molar-refractivity contribution is 6.69. The van der Waals surface area contributed by atoms with Gasteiger partial charge in [-0.05, 0) is 38.1 Å². The molecule has 1 saturated heterocycles. The smallest absolute Gasteiger partial charge is 0.271 e. The molecule has 11 nitrogen and oxygen atoms in total. The van der Waals surface area contributed by atoms with Gasteiger partial charge in [0.2, 0.25) is 5.90 Å². The SMILES string of the molecule is Cc1ccc(C(=O)N/N=C2/C(=N)O[C@@H](c3cccc([N+](=O)[O-])c3)/C2=N/NC(=O)c2ccc(C)cc2)cc1. The number of nitro groups is 1. The van der Waals surface area contributed by atoms with E-state index in [4.69, 9.17) is 10.1 Å². The highest BCUT2D eigenvalue weighted by Crippen LogP contribution is 2.29. The Labute approximate surface area is 211 Å². The predicted octanol–water partition coefficient (Wildman–Crippen LogP) is 3.83. The molecule has 1 atom stereocenters. The van der Waals surface area contributed by atoms with Crippen LogP contribution >= 0.6 is 0 Å². The van der Waals surface area contributed by atoms with E-state index < -0.39 is 28.7 Å². The molecule has 1 fully saturated rings. The number of carbonyl (C=O) groups excluding carboxylic acids is 2. The lowest BCUT2D eigenvalue weighted by atomic mass is 10.0. The van der Waals surface area contributed by atoms with Crippen molar-refractivity contribution in [3.63, 3.8) is 0 Å². The van der Waals surface area contributed by atoms with Gasteiger partial charge >= 0.3 is 0 Å². The number of rotatable bonds is 6. The first-order valence-electron chi connectivity index (χ1n) is 11.1. The van der Waals surface area contributed by atoms with Crippen molar-refractivity contribution in [2.75, 3.05) is 0 Å². The number of hydrogen-bond donors (Lipinski definition) is 3. The quantitative estimate of drug-likeness (QED) is 0.347. The summed E-state index contributed by atoms with van der Waals surface area (Å²) in [6, 6.07) is 19.2. The van der Waals surface area contributed by atoms with E-state index in [1.807, 2.05) is 13.8 Å². The van der Waals surface area contributed by atoms with Gasteiger partial charge in [-0.2, -0.15) is 10.2 Å². The summed E-state index contributed by atoms with van der Waals surface area (Å²) in [5.74, 6) is -1.47. The first-order chi connectivity index (χ1) is 17.7. The molecule has 3 N–H and O–H groups in total. The van der Waals surface area contributed by atoms with Crippen LogP contribution in [0.2, 0.25) is 0 Å². The van der Waals surface area contributed by atoms with Gasteiger partial charge in [-0.3, -0.25) is 25.1 Å². The fraction of sp³-hybridized carbons (Fsp3) is 0.115. The third kappa shape index (κ3) is 5.73. The van der Waals surface area contributed by atoms with Gasteiger partial charge in [0.05, 0.1) is 4.92 Å². The lowest BCUT2D eigenvalue weighted by molar-refractivity contribution is -0.384. The minimum Gasteiger partial charge on any atom is -0.461 e.